The zero-order chi connectivity index (χ0) is 23.7. The highest BCUT2D eigenvalue weighted by atomic mass is 32.2. The van der Waals surface area contributed by atoms with E-state index in [4.69, 9.17) is 0 Å². The molecule has 3 aromatic carbocycles. The fourth-order valence-electron chi connectivity index (χ4n) is 2.97. The fourth-order valence-corrected chi connectivity index (χ4v) is 5.28. The van der Waals surface area contributed by atoms with Gasteiger partial charge in [-0.05, 0) is 48.6 Å². The van der Waals surface area contributed by atoms with Crippen LogP contribution in [0, 0.1) is 10.1 Å². The zero-order valence-corrected chi connectivity index (χ0v) is 19.3. The van der Waals surface area contributed by atoms with Crippen molar-refractivity contribution >= 4 is 39.1 Å². The van der Waals surface area contributed by atoms with Crippen LogP contribution >= 0.6 is 11.8 Å². The van der Waals surface area contributed by atoms with Crippen LogP contribution in [-0.4, -0.2) is 38.1 Å². The minimum absolute atomic E-state index is 0.0235. The molecule has 3 rings (SSSR count). The van der Waals surface area contributed by atoms with Crippen molar-refractivity contribution in [2.24, 2.45) is 0 Å². The molecule has 0 radical (unpaired) electrons. The Kier molecular flexibility index (Phi) is 8.45. The van der Waals surface area contributed by atoms with Gasteiger partial charge in [-0.2, -0.15) is 0 Å². The van der Waals surface area contributed by atoms with E-state index < -0.39 is 27.4 Å². The highest BCUT2D eigenvalue weighted by molar-refractivity contribution is 7.99. The van der Waals surface area contributed by atoms with Gasteiger partial charge in [-0.3, -0.25) is 19.2 Å². The van der Waals surface area contributed by atoms with Gasteiger partial charge in [0.15, 0.2) is 0 Å². The molecule has 0 fully saturated rings. The van der Waals surface area contributed by atoms with Crippen LogP contribution in [-0.2, 0) is 14.8 Å². The van der Waals surface area contributed by atoms with Gasteiger partial charge in [0.25, 0.3) is 15.7 Å². The van der Waals surface area contributed by atoms with E-state index in [2.05, 4.69) is 5.32 Å². The van der Waals surface area contributed by atoms with Gasteiger partial charge in [0.1, 0.15) is 6.54 Å². The van der Waals surface area contributed by atoms with Crippen LogP contribution in [0.2, 0.25) is 0 Å². The molecular weight excluding hydrogens is 462 g/mol. The first kappa shape index (κ1) is 24.3. The van der Waals surface area contributed by atoms with Gasteiger partial charge in [-0.25, -0.2) is 8.42 Å². The van der Waals surface area contributed by atoms with E-state index in [-0.39, 0.29) is 16.3 Å². The Balaban J connectivity index is 1.67. The Morgan fingerprint density at radius 2 is 1.55 bits per heavy atom. The molecule has 8 nitrogen and oxygen atoms in total. The summed E-state index contributed by atoms with van der Waals surface area (Å²) in [5, 5.41) is 13.7. The summed E-state index contributed by atoms with van der Waals surface area (Å²) in [6, 6.07) is 22.7. The molecule has 0 aliphatic heterocycles. The van der Waals surface area contributed by atoms with Crippen molar-refractivity contribution < 1.29 is 18.1 Å². The molecule has 0 heterocycles. The Labute approximate surface area is 196 Å². The van der Waals surface area contributed by atoms with Gasteiger partial charge in [-0.15, -0.1) is 11.8 Å². The SMILES string of the molecule is O=C(CN(c1ccc([N+](=O)[O-])cc1)S(=O)(=O)c1ccccc1)NCCCSc1ccccc1. The van der Waals surface area contributed by atoms with E-state index in [0.717, 1.165) is 15.0 Å². The van der Waals surface area contributed by atoms with Crippen LogP contribution in [0.25, 0.3) is 0 Å². The smallest absolute Gasteiger partial charge is 0.269 e. The molecule has 33 heavy (non-hydrogen) atoms. The van der Waals surface area contributed by atoms with Crippen molar-refractivity contribution in [1.82, 2.24) is 5.32 Å². The van der Waals surface area contributed by atoms with E-state index in [9.17, 15) is 23.3 Å². The van der Waals surface area contributed by atoms with E-state index in [1.54, 1.807) is 30.0 Å². The van der Waals surface area contributed by atoms with Crippen molar-refractivity contribution in [1.29, 1.82) is 0 Å². The molecule has 10 heteroatoms. The second-order valence-electron chi connectivity index (χ2n) is 6.96. The van der Waals surface area contributed by atoms with Crippen LogP contribution in [0.3, 0.4) is 0 Å². The quantitative estimate of drug-likeness (QED) is 0.190. The van der Waals surface area contributed by atoms with Crippen LogP contribution < -0.4 is 9.62 Å². The summed E-state index contributed by atoms with van der Waals surface area (Å²) in [5.74, 6) is 0.344. The summed E-state index contributed by atoms with van der Waals surface area (Å²) < 4.78 is 27.4. The number of benzene rings is 3. The maximum atomic E-state index is 13.2. The Morgan fingerprint density at radius 1 is 0.939 bits per heavy atom. The number of amides is 1. The lowest BCUT2D eigenvalue weighted by Crippen LogP contribution is -2.41. The number of thioether (sulfide) groups is 1. The topological polar surface area (TPSA) is 110 Å². The maximum Gasteiger partial charge on any atom is 0.269 e. The average molecular weight is 486 g/mol. The Hall–Kier alpha value is -3.37. The molecule has 0 saturated heterocycles. The van der Waals surface area contributed by atoms with Crippen molar-refractivity contribution in [2.75, 3.05) is 23.1 Å². The monoisotopic (exact) mass is 485 g/mol. The summed E-state index contributed by atoms with van der Waals surface area (Å²) in [6.45, 7) is -0.0426. The third-order valence-electron chi connectivity index (χ3n) is 4.62. The minimum atomic E-state index is -4.06. The van der Waals surface area contributed by atoms with Gasteiger partial charge in [0, 0.05) is 23.6 Å². The van der Waals surface area contributed by atoms with Crippen LogP contribution in [0.5, 0.6) is 0 Å². The van der Waals surface area contributed by atoms with Gasteiger partial charge in [0.2, 0.25) is 5.91 Å². The summed E-state index contributed by atoms with van der Waals surface area (Å²) in [7, 11) is -4.06. The van der Waals surface area contributed by atoms with Crippen LogP contribution in [0.4, 0.5) is 11.4 Å². The number of non-ortho nitro benzene ring substituents is 1. The molecular formula is C23H23N3O5S2. The van der Waals surface area contributed by atoms with Gasteiger partial charge >= 0.3 is 0 Å². The third-order valence-corrected chi connectivity index (χ3v) is 7.51. The van der Waals surface area contributed by atoms with E-state index in [0.29, 0.717) is 13.0 Å². The van der Waals surface area contributed by atoms with Crippen molar-refractivity contribution in [3.05, 3.63) is 95.0 Å². The summed E-state index contributed by atoms with van der Waals surface area (Å²) >= 11 is 1.68. The number of nitro benzene ring substituents is 1. The Bertz CT molecular complexity index is 1170. The number of nitrogens with zero attached hydrogens (tertiary/aromatic N) is 2. The number of nitrogens with one attached hydrogen (secondary N) is 1. The number of sulfonamides is 1. The molecule has 0 aliphatic carbocycles. The number of carbonyl (C=O) groups is 1. The molecule has 0 bridgehead atoms. The number of rotatable bonds is 11. The number of anilines is 1. The highest BCUT2D eigenvalue weighted by Gasteiger charge is 2.27. The van der Waals surface area contributed by atoms with E-state index in [1.165, 1.54) is 36.4 Å². The number of hydrogen-bond donors (Lipinski definition) is 1. The molecule has 0 unspecified atom stereocenters. The first-order valence-corrected chi connectivity index (χ1v) is 12.6. The van der Waals surface area contributed by atoms with Crippen molar-refractivity contribution in [2.45, 2.75) is 16.2 Å². The minimum Gasteiger partial charge on any atom is -0.354 e. The normalized spacial score (nSPS) is 11.0. The first-order valence-electron chi connectivity index (χ1n) is 10.1. The molecule has 0 aromatic heterocycles. The molecule has 1 amide bonds. The summed E-state index contributed by atoms with van der Waals surface area (Å²) in [5.41, 5.74) is -0.00425. The molecule has 172 valence electrons. The van der Waals surface area contributed by atoms with Gasteiger partial charge < -0.3 is 5.32 Å². The maximum absolute atomic E-state index is 13.2. The first-order chi connectivity index (χ1) is 15.9. The fraction of sp³-hybridized carbons (Fsp3) is 0.174. The number of carbonyl (C=O) groups excluding carboxylic acids is 1. The number of nitro groups is 1. The summed E-state index contributed by atoms with van der Waals surface area (Å²) in [4.78, 5) is 24.1. The standard InChI is InChI=1S/C23H23N3O5S2/c27-23(24-16-7-17-32-21-8-3-1-4-9-21)18-25(19-12-14-20(15-13-19)26(28)29)33(30,31)22-10-5-2-6-11-22/h1-6,8-15H,7,16-18H2,(H,24,27). The summed E-state index contributed by atoms with van der Waals surface area (Å²) in [6.07, 6.45) is 0.717. The number of hydrogen-bond acceptors (Lipinski definition) is 6. The van der Waals surface area contributed by atoms with Gasteiger partial charge in [-0.1, -0.05) is 36.4 Å². The average Bonchev–Trinajstić information content (AvgIpc) is 2.83. The van der Waals surface area contributed by atoms with Crippen molar-refractivity contribution in [3.63, 3.8) is 0 Å². The van der Waals surface area contributed by atoms with Crippen LogP contribution in [0.15, 0.2) is 94.7 Å². The van der Waals surface area contributed by atoms with Crippen LogP contribution in [0.1, 0.15) is 6.42 Å². The second-order valence-corrected chi connectivity index (χ2v) is 9.99. The predicted molar refractivity (Wildman–Crippen MR) is 129 cm³/mol. The molecule has 0 atom stereocenters. The molecule has 1 N–H and O–H groups in total. The van der Waals surface area contributed by atoms with E-state index >= 15 is 0 Å². The zero-order valence-electron chi connectivity index (χ0n) is 17.7. The molecule has 0 spiro atoms. The predicted octanol–water partition coefficient (Wildman–Crippen LogP) is 4.09. The highest BCUT2D eigenvalue weighted by Crippen LogP contribution is 2.25. The molecule has 0 saturated carbocycles. The van der Waals surface area contributed by atoms with Crippen molar-refractivity contribution in [3.8, 4) is 0 Å². The Morgan fingerprint density at radius 3 is 2.15 bits per heavy atom. The largest absolute Gasteiger partial charge is 0.354 e. The molecule has 0 aliphatic rings. The van der Waals surface area contributed by atoms with Gasteiger partial charge in [0.05, 0.1) is 15.5 Å². The lowest BCUT2D eigenvalue weighted by Gasteiger charge is -2.24. The second kappa shape index (κ2) is 11.5. The van der Waals surface area contributed by atoms with E-state index in [1.807, 2.05) is 30.3 Å². The molecule has 3 aromatic rings. The lowest BCUT2D eigenvalue weighted by atomic mass is 10.3. The lowest BCUT2D eigenvalue weighted by molar-refractivity contribution is -0.384. The third kappa shape index (κ3) is 6.80.